The van der Waals surface area contributed by atoms with Gasteiger partial charge in [0.25, 0.3) is 0 Å². The number of carbonyl (C=O) groups excluding carboxylic acids is 1. The lowest BCUT2D eigenvalue weighted by Gasteiger charge is -2.11. The van der Waals surface area contributed by atoms with Crippen molar-refractivity contribution in [2.75, 3.05) is 0 Å². The molecule has 0 aliphatic rings. The molecule has 0 amide bonds. The Labute approximate surface area is 100 Å². The number of carbonyl (C=O) groups is 1. The van der Waals surface area contributed by atoms with Gasteiger partial charge in [0.05, 0.1) is 4.90 Å². The van der Waals surface area contributed by atoms with Gasteiger partial charge in [0, 0.05) is 0 Å². The number of rotatable bonds is 4. The Morgan fingerprint density at radius 2 is 2.06 bits per heavy atom. The average molecular weight is 261 g/mol. The first-order chi connectivity index (χ1) is 7.39. The van der Waals surface area contributed by atoms with Crippen LogP contribution in [0.5, 0.6) is 0 Å². The maximum absolute atomic E-state index is 12.1. The lowest BCUT2D eigenvalue weighted by Crippen LogP contribution is -2.26. The molecule has 88 valence electrons. The summed E-state index contributed by atoms with van der Waals surface area (Å²) in [7, 11) is -3.65. The van der Waals surface area contributed by atoms with Crippen LogP contribution in [0.4, 0.5) is 0 Å². The summed E-state index contributed by atoms with van der Waals surface area (Å²) < 4.78 is 24.1. The minimum Gasteiger partial charge on any atom is -0.280 e. The Balaban J connectivity index is 3.25. The molecule has 0 aromatic heterocycles. The van der Waals surface area contributed by atoms with Gasteiger partial charge in [-0.1, -0.05) is 19.1 Å². The summed E-state index contributed by atoms with van der Waals surface area (Å²) in [5.41, 5.74) is 0.831. The number of hydrogen-bond acceptors (Lipinski definition) is 3. The first-order valence-electron chi connectivity index (χ1n) is 4.89. The smallest absolute Gasteiger partial charge is 0.240 e. The third kappa shape index (κ3) is 2.62. The zero-order valence-corrected chi connectivity index (χ0v) is 10.7. The van der Waals surface area contributed by atoms with E-state index in [9.17, 15) is 13.2 Å². The van der Waals surface area contributed by atoms with Crippen LogP contribution < -0.4 is 0 Å². The predicted molar refractivity (Wildman–Crippen MR) is 63.3 cm³/mol. The van der Waals surface area contributed by atoms with Gasteiger partial charge >= 0.3 is 0 Å². The van der Waals surface area contributed by atoms with Gasteiger partial charge in [-0.2, -0.15) is 0 Å². The Hall–Kier alpha value is -0.870. The molecule has 0 aliphatic carbocycles. The Morgan fingerprint density at radius 3 is 2.50 bits per heavy atom. The lowest BCUT2D eigenvalue weighted by atomic mass is 10.2. The van der Waals surface area contributed by atoms with Gasteiger partial charge in [-0.3, -0.25) is 4.79 Å². The van der Waals surface area contributed by atoms with Crippen molar-refractivity contribution < 1.29 is 13.2 Å². The number of sulfone groups is 1. The predicted octanol–water partition coefficient (Wildman–Crippen LogP) is 2.31. The zero-order valence-electron chi connectivity index (χ0n) is 9.10. The third-order valence-corrected chi connectivity index (χ3v) is 4.92. The van der Waals surface area contributed by atoms with Crippen LogP contribution in [-0.4, -0.2) is 18.9 Å². The highest BCUT2D eigenvalue weighted by Gasteiger charge is 2.31. The highest BCUT2D eigenvalue weighted by atomic mass is 35.5. The average Bonchev–Trinajstić information content (AvgIpc) is 2.17. The number of halogens is 1. The first-order valence-corrected chi connectivity index (χ1v) is 6.82. The van der Waals surface area contributed by atoms with Crippen LogP contribution >= 0.6 is 11.6 Å². The van der Waals surface area contributed by atoms with Gasteiger partial charge in [-0.15, -0.1) is 0 Å². The highest BCUT2D eigenvalue weighted by Crippen LogP contribution is 2.21. The molecule has 1 aromatic carbocycles. The largest absolute Gasteiger partial charge is 0.280 e. The Morgan fingerprint density at radius 1 is 1.44 bits per heavy atom. The molecular weight excluding hydrogens is 248 g/mol. The molecule has 0 N–H and O–H groups in total. The summed E-state index contributed by atoms with van der Waals surface area (Å²) in [6, 6.07) is 6.46. The Bertz CT molecular complexity index is 494. The summed E-state index contributed by atoms with van der Waals surface area (Å²) in [6.07, 6.45) is 0.179. The van der Waals surface area contributed by atoms with E-state index in [1.54, 1.807) is 26.0 Å². The second-order valence-electron chi connectivity index (χ2n) is 3.56. The van der Waals surface area contributed by atoms with Crippen LogP contribution in [0, 0.1) is 6.92 Å². The van der Waals surface area contributed by atoms with E-state index in [0.29, 0.717) is 0 Å². The molecule has 16 heavy (non-hydrogen) atoms. The van der Waals surface area contributed by atoms with Crippen molar-refractivity contribution in [3.63, 3.8) is 0 Å². The molecule has 0 heterocycles. The molecule has 1 rings (SSSR count). The van der Waals surface area contributed by atoms with E-state index < -0.39 is 20.3 Å². The Kier molecular flexibility index (Phi) is 4.10. The molecular formula is C11H13ClO3S. The fraction of sp³-hybridized carbons (Fsp3) is 0.364. The second kappa shape index (κ2) is 4.97. The minimum atomic E-state index is -3.65. The summed E-state index contributed by atoms with van der Waals surface area (Å²) in [6.45, 7) is 3.42. The van der Waals surface area contributed by atoms with E-state index in [1.807, 2.05) is 0 Å². The topological polar surface area (TPSA) is 51.2 Å². The van der Waals surface area contributed by atoms with Crippen molar-refractivity contribution in [2.24, 2.45) is 0 Å². The number of benzene rings is 1. The molecule has 1 atom stereocenters. The fourth-order valence-corrected chi connectivity index (χ4v) is 3.59. The molecule has 0 saturated carbocycles. The molecule has 0 saturated heterocycles. The molecule has 0 bridgehead atoms. The SMILES string of the molecule is CCC(C(=O)Cl)S(=O)(=O)c1cccc(C)c1. The van der Waals surface area contributed by atoms with Gasteiger partial charge in [-0.25, -0.2) is 8.42 Å². The second-order valence-corrected chi connectivity index (χ2v) is 6.07. The molecule has 1 unspecified atom stereocenters. The zero-order chi connectivity index (χ0) is 12.3. The lowest BCUT2D eigenvalue weighted by molar-refractivity contribution is -0.111. The van der Waals surface area contributed by atoms with Crippen LogP contribution in [-0.2, 0) is 14.6 Å². The van der Waals surface area contributed by atoms with Crippen molar-refractivity contribution in [3.05, 3.63) is 29.8 Å². The molecule has 0 radical (unpaired) electrons. The number of hydrogen-bond donors (Lipinski definition) is 0. The van der Waals surface area contributed by atoms with Gasteiger partial charge in [0.2, 0.25) is 5.24 Å². The van der Waals surface area contributed by atoms with Crippen LogP contribution in [0.25, 0.3) is 0 Å². The van der Waals surface area contributed by atoms with E-state index in [1.165, 1.54) is 12.1 Å². The van der Waals surface area contributed by atoms with Crippen molar-refractivity contribution >= 4 is 26.7 Å². The van der Waals surface area contributed by atoms with Crippen molar-refractivity contribution in [3.8, 4) is 0 Å². The van der Waals surface area contributed by atoms with Crippen LogP contribution in [0.3, 0.4) is 0 Å². The minimum absolute atomic E-state index is 0.147. The summed E-state index contributed by atoms with van der Waals surface area (Å²) in [5.74, 6) is 0. The van der Waals surface area contributed by atoms with E-state index in [4.69, 9.17) is 11.6 Å². The summed E-state index contributed by atoms with van der Waals surface area (Å²) in [4.78, 5) is 11.2. The maximum Gasteiger partial charge on any atom is 0.240 e. The van der Waals surface area contributed by atoms with Gasteiger partial charge in [0.15, 0.2) is 9.84 Å². The van der Waals surface area contributed by atoms with Crippen LogP contribution in [0.15, 0.2) is 29.2 Å². The van der Waals surface area contributed by atoms with Crippen LogP contribution in [0.1, 0.15) is 18.9 Å². The molecule has 0 spiro atoms. The number of aryl methyl sites for hydroxylation is 1. The van der Waals surface area contributed by atoms with E-state index in [0.717, 1.165) is 5.56 Å². The quantitative estimate of drug-likeness (QED) is 0.781. The van der Waals surface area contributed by atoms with E-state index in [2.05, 4.69) is 0 Å². The summed E-state index contributed by atoms with van der Waals surface area (Å²) >= 11 is 5.30. The fourth-order valence-electron chi connectivity index (χ4n) is 1.46. The third-order valence-electron chi connectivity index (χ3n) is 2.32. The maximum atomic E-state index is 12.1. The summed E-state index contributed by atoms with van der Waals surface area (Å²) in [5, 5.41) is -1.99. The monoisotopic (exact) mass is 260 g/mol. The molecule has 3 nitrogen and oxygen atoms in total. The van der Waals surface area contributed by atoms with Gasteiger partial charge < -0.3 is 0 Å². The molecule has 0 fully saturated rings. The molecule has 1 aromatic rings. The van der Waals surface area contributed by atoms with E-state index in [-0.39, 0.29) is 11.3 Å². The molecule has 0 aliphatic heterocycles. The molecule has 5 heteroatoms. The highest BCUT2D eigenvalue weighted by molar-refractivity contribution is 7.93. The first kappa shape index (κ1) is 13.2. The van der Waals surface area contributed by atoms with Gasteiger partial charge in [0.1, 0.15) is 5.25 Å². The normalized spacial score (nSPS) is 13.4. The van der Waals surface area contributed by atoms with E-state index >= 15 is 0 Å². The standard InChI is InChI=1S/C11H13ClO3S/c1-3-10(11(12)13)16(14,15)9-6-4-5-8(2)7-9/h4-7,10H,3H2,1-2H3. The van der Waals surface area contributed by atoms with Crippen molar-refractivity contribution in [1.82, 2.24) is 0 Å². The van der Waals surface area contributed by atoms with Crippen molar-refractivity contribution in [2.45, 2.75) is 30.4 Å². The van der Waals surface area contributed by atoms with Crippen molar-refractivity contribution in [1.29, 1.82) is 0 Å². The van der Waals surface area contributed by atoms with Crippen LogP contribution in [0.2, 0.25) is 0 Å². The van der Waals surface area contributed by atoms with Gasteiger partial charge in [-0.05, 0) is 42.6 Å².